The van der Waals surface area contributed by atoms with Crippen molar-refractivity contribution in [2.75, 3.05) is 7.11 Å². The SMILES string of the molecule is COc1ccc(/C(=C(/C(=C(c2ccccc2)c2ccccc2)c2ccccc2)c2ccccc2)c2ccccc2)cc1. The molecule has 1 nitrogen and oxygen atoms in total. The molecule has 6 aromatic carbocycles. The van der Waals surface area contributed by atoms with E-state index in [1.165, 1.54) is 16.7 Å². The van der Waals surface area contributed by atoms with Gasteiger partial charge < -0.3 is 4.74 Å². The van der Waals surface area contributed by atoms with Crippen LogP contribution < -0.4 is 4.74 Å². The van der Waals surface area contributed by atoms with Crippen LogP contribution in [0.5, 0.6) is 5.75 Å². The third kappa shape index (κ3) is 5.73. The Morgan fingerprint density at radius 2 is 0.571 bits per heavy atom. The minimum Gasteiger partial charge on any atom is -0.497 e. The second kappa shape index (κ2) is 12.8. The van der Waals surface area contributed by atoms with Crippen LogP contribution in [0.15, 0.2) is 176 Å². The highest BCUT2D eigenvalue weighted by Gasteiger charge is 2.24. The van der Waals surface area contributed by atoms with E-state index in [0.717, 1.165) is 44.7 Å². The molecule has 0 unspecified atom stereocenters. The Hall–Kier alpha value is -5.40. The number of hydrogen-bond donors (Lipinski definition) is 0. The normalized spacial score (nSPS) is 11.4. The summed E-state index contributed by atoms with van der Waals surface area (Å²) in [6.07, 6.45) is 0. The molecule has 0 saturated carbocycles. The van der Waals surface area contributed by atoms with Gasteiger partial charge in [0.05, 0.1) is 7.11 Å². The standard InChI is InChI=1S/C41H32O/c1-42-37-29-27-36(28-30-37)39(33-21-11-4-12-22-33)41(35-25-15-6-16-26-35)40(34-23-13-5-14-24-34)38(31-17-7-2-8-18-31)32-19-9-3-10-20-32/h2-30H,1H3/b41-39+. The maximum atomic E-state index is 5.55. The molecule has 0 heterocycles. The summed E-state index contributed by atoms with van der Waals surface area (Å²) in [5.74, 6) is 0.834. The van der Waals surface area contributed by atoms with Crippen LogP contribution in [0.25, 0.3) is 22.3 Å². The summed E-state index contributed by atoms with van der Waals surface area (Å²) in [7, 11) is 1.71. The van der Waals surface area contributed by atoms with Gasteiger partial charge in [-0.25, -0.2) is 0 Å². The molecule has 6 aromatic rings. The average Bonchev–Trinajstić information content (AvgIpc) is 3.08. The topological polar surface area (TPSA) is 9.23 Å². The lowest BCUT2D eigenvalue weighted by atomic mass is 9.78. The highest BCUT2D eigenvalue weighted by atomic mass is 16.5. The molecule has 202 valence electrons. The van der Waals surface area contributed by atoms with Crippen molar-refractivity contribution in [2.45, 2.75) is 0 Å². The van der Waals surface area contributed by atoms with Crippen LogP contribution in [0.3, 0.4) is 0 Å². The molecule has 0 saturated heterocycles. The van der Waals surface area contributed by atoms with Gasteiger partial charge in [-0.15, -0.1) is 0 Å². The molecule has 42 heavy (non-hydrogen) atoms. The summed E-state index contributed by atoms with van der Waals surface area (Å²) in [6, 6.07) is 62.2. The molecule has 0 aliphatic rings. The summed E-state index contributed by atoms with van der Waals surface area (Å²) >= 11 is 0. The molecule has 0 atom stereocenters. The minimum absolute atomic E-state index is 0.834. The van der Waals surface area contributed by atoms with Crippen molar-refractivity contribution in [3.8, 4) is 5.75 Å². The Labute approximate surface area is 248 Å². The zero-order valence-corrected chi connectivity index (χ0v) is 23.7. The number of hydrogen-bond acceptors (Lipinski definition) is 1. The van der Waals surface area contributed by atoms with Crippen LogP contribution in [0.2, 0.25) is 0 Å². The van der Waals surface area contributed by atoms with Gasteiger partial charge in [0.15, 0.2) is 0 Å². The Morgan fingerprint density at radius 1 is 0.310 bits per heavy atom. The van der Waals surface area contributed by atoms with Crippen LogP contribution in [-0.2, 0) is 0 Å². The first-order chi connectivity index (χ1) is 20.8. The molecule has 0 amide bonds. The van der Waals surface area contributed by atoms with Crippen molar-refractivity contribution in [1.29, 1.82) is 0 Å². The van der Waals surface area contributed by atoms with Crippen molar-refractivity contribution >= 4 is 22.3 Å². The predicted octanol–water partition coefficient (Wildman–Crippen LogP) is 10.3. The number of methoxy groups -OCH3 is 1. The monoisotopic (exact) mass is 540 g/mol. The van der Waals surface area contributed by atoms with E-state index in [-0.39, 0.29) is 0 Å². The van der Waals surface area contributed by atoms with Gasteiger partial charge in [-0.1, -0.05) is 164 Å². The van der Waals surface area contributed by atoms with Gasteiger partial charge in [-0.2, -0.15) is 0 Å². The predicted molar refractivity (Wildman–Crippen MR) is 177 cm³/mol. The second-order valence-electron chi connectivity index (χ2n) is 10.1. The van der Waals surface area contributed by atoms with E-state index >= 15 is 0 Å². The van der Waals surface area contributed by atoms with Crippen molar-refractivity contribution in [3.05, 3.63) is 209 Å². The number of rotatable bonds is 8. The highest BCUT2D eigenvalue weighted by molar-refractivity contribution is 6.25. The first-order valence-corrected chi connectivity index (χ1v) is 14.2. The zero-order valence-electron chi connectivity index (χ0n) is 23.7. The number of benzene rings is 6. The maximum absolute atomic E-state index is 5.55. The van der Waals surface area contributed by atoms with Gasteiger partial charge in [0.1, 0.15) is 5.75 Å². The van der Waals surface area contributed by atoms with Gasteiger partial charge in [0.2, 0.25) is 0 Å². The molecule has 0 spiro atoms. The van der Waals surface area contributed by atoms with Gasteiger partial charge in [-0.3, -0.25) is 0 Å². The summed E-state index contributed by atoms with van der Waals surface area (Å²) < 4.78 is 5.55. The van der Waals surface area contributed by atoms with Crippen LogP contribution in [0, 0.1) is 0 Å². The van der Waals surface area contributed by atoms with Gasteiger partial charge in [0, 0.05) is 0 Å². The van der Waals surface area contributed by atoms with Crippen molar-refractivity contribution in [1.82, 2.24) is 0 Å². The molecular formula is C41H32O. The van der Waals surface area contributed by atoms with E-state index in [4.69, 9.17) is 4.74 Å². The molecule has 0 fully saturated rings. The summed E-state index contributed by atoms with van der Waals surface area (Å²) in [5, 5.41) is 0. The second-order valence-corrected chi connectivity index (χ2v) is 10.1. The Balaban J connectivity index is 1.85. The average molecular weight is 541 g/mol. The van der Waals surface area contributed by atoms with E-state index in [2.05, 4.69) is 164 Å². The smallest absolute Gasteiger partial charge is 0.118 e. The minimum atomic E-state index is 0.834. The van der Waals surface area contributed by atoms with E-state index in [1.807, 2.05) is 12.1 Å². The summed E-state index contributed by atoms with van der Waals surface area (Å²) in [6.45, 7) is 0. The van der Waals surface area contributed by atoms with Gasteiger partial charge >= 0.3 is 0 Å². The molecule has 0 bridgehead atoms. The molecule has 0 radical (unpaired) electrons. The van der Waals surface area contributed by atoms with Crippen molar-refractivity contribution in [3.63, 3.8) is 0 Å². The fraction of sp³-hybridized carbons (Fsp3) is 0.0244. The highest BCUT2D eigenvalue weighted by Crippen LogP contribution is 2.46. The molecule has 6 rings (SSSR count). The lowest BCUT2D eigenvalue weighted by molar-refractivity contribution is 0.415. The number of allylic oxidation sites excluding steroid dienone is 2. The molecule has 0 aliphatic carbocycles. The maximum Gasteiger partial charge on any atom is 0.118 e. The van der Waals surface area contributed by atoms with Crippen molar-refractivity contribution in [2.24, 2.45) is 0 Å². The first-order valence-electron chi connectivity index (χ1n) is 14.2. The lowest BCUT2D eigenvalue weighted by Gasteiger charge is -2.24. The quantitative estimate of drug-likeness (QED) is 0.138. The summed E-state index contributed by atoms with van der Waals surface area (Å²) in [5.41, 5.74) is 11.6. The van der Waals surface area contributed by atoms with E-state index in [0.29, 0.717) is 0 Å². The number of ether oxygens (including phenoxy) is 1. The summed E-state index contributed by atoms with van der Waals surface area (Å²) in [4.78, 5) is 0. The van der Waals surface area contributed by atoms with Crippen LogP contribution in [0.1, 0.15) is 33.4 Å². The van der Waals surface area contributed by atoms with E-state index in [1.54, 1.807) is 7.11 Å². The molecular weight excluding hydrogens is 508 g/mol. The van der Waals surface area contributed by atoms with Gasteiger partial charge in [0.25, 0.3) is 0 Å². The third-order valence-corrected chi connectivity index (χ3v) is 7.44. The molecule has 0 aromatic heterocycles. The third-order valence-electron chi connectivity index (χ3n) is 7.44. The largest absolute Gasteiger partial charge is 0.497 e. The van der Waals surface area contributed by atoms with Crippen LogP contribution >= 0.6 is 0 Å². The Bertz CT molecular complexity index is 1740. The fourth-order valence-electron chi connectivity index (χ4n) is 5.52. The zero-order chi connectivity index (χ0) is 28.6. The molecule has 0 N–H and O–H groups in total. The van der Waals surface area contributed by atoms with Crippen LogP contribution in [-0.4, -0.2) is 7.11 Å². The first kappa shape index (κ1) is 26.8. The Morgan fingerprint density at radius 3 is 0.857 bits per heavy atom. The van der Waals surface area contributed by atoms with Crippen molar-refractivity contribution < 1.29 is 4.74 Å². The molecule has 1 heteroatoms. The lowest BCUT2D eigenvalue weighted by Crippen LogP contribution is -2.03. The van der Waals surface area contributed by atoms with Gasteiger partial charge in [-0.05, 0) is 67.8 Å². The van der Waals surface area contributed by atoms with E-state index < -0.39 is 0 Å². The van der Waals surface area contributed by atoms with Crippen LogP contribution in [0.4, 0.5) is 0 Å². The Kier molecular flexibility index (Phi) is 8.20. The molecule has 0 aliphatic heterocycles. The fourth-order valence-corrected chi connectivity index (χ4v) is 5.52. The van der Waals surface area contributed by atoms with E-state index in [9.17, 15) is 0 Å².